The van der Waals surface area contributed by atoms with Gasteiger partial charge in [0.15, 0.2) is 0 Å². The Morgan fingerprint density at radius 2 is 1.78 bits per heavy atom. The third-order valence-corrected chi connectivity index (χ3v) is 5.43. The number of nitrogens with zero attached hydrogens (tertiary/aromatic N) is 2. The van der Waals surface area contributed by atoms with Gasteiger partial charge in [0.25, 0.3) is 11.6 Å². The van der Waals surface area contributed by atoms with Crippen LogP contribution in [0.5, 0.6) is 0 Å². The van der Waals surface area contributed by atoms with E-state index in [0.29, 0.717) is 22.5 Å². The van der Waals surface area contributed by atoms with Crippen LogP contribution in [0.2, 0.25) is 0 Å². The first-order chi connectivity index (χ1) is 17.2. The van der Waals surface area contributed by atoms with Crippen molar-refractivity contribution in [2.75, 3.05) is 19.8 Å². The van der Waals surface area contributed by atoms with Gasteiger partial charge >= 0.3 is 11.9 Å². The zero-order valence-electron chi connectivity index (χ0n) is 20.1. The number of amides is 1. The summed E-state index contributed by atoms with van der Waals surface area (Å²) in [5.74, 6) is -2.71. The number of rotatable bonds is 9. The summed E-state index contributed by atoms with van der Waals surface area (Å²) < 4.78 is 10.6. The molecule has 0 saturated carbocycles. The minimum Gasteiger partial charge on any atom is -0.463 e. The molecular formula is C25H26N4O7. The van der Waals surface area contributed by atoms with Crippen molar-refractivity contribution in [3.63, 3.8) is 0 Å². The average molecular weight is 495 g/mol. The molecule has 0 spiro atoms. The fraction of sp³-hybridized carbons (Fsp3) is 0.280. The SMILES string of the molecule is CCOC(=O)C1=C(C)NC(C)=C(C(=O)OCCNC(=O)c2cccnc2)[C@@H]1c1cccc([N+](=O)[O-])c1. The van der Waals surface area contributed by atoms with Crippen LogP contribution in [0.1, 0.15) is 42.6 Å². The molecule has 11 heteroatoms. The second-order valence-corrected chi connectivity index (χ2v) is 7.84. The maximum atomic E-state index is 13.2. The van der Waals surface area contributed by atoms with Gasteiger partial charge in [0, 0.05) is 35.9 Å². The van der Waals surface area contributed by atoms with Crippen molar-refractivity contribution in [3.05, 3.63) is 92.6 Å². The van der Waals surface area contributed by atoms with Gasteiger partial charge in [0.05, 0.1) is 40.7 Å². The molecule has 1 aromatic heterocycles. The summed E-state index contributed by atoms with van der Waals surface area (Å²) in [6, 6.07) is 8.96. The number of allylic oxidation sites excluding steroid dienone is 2. The highest BCUT2D eigenvalue weighted by atomic mass is 16.6. The highest BCUT2D eigenvalue weighted by Crippen LogP contribution is 2.40. The van der Waals surface area contributed by atoms with Crippen LogP contribution in [0.25, 0.3) is 0 Å². The first-order valence-corrected chi connectivity index (χ1v) is 11.2. The molecule has 1 amide bonds. The molecule has 1 aliphatic heterocycles. The van der Waals surface area contributed by atoms with Gasteiger partial charge in [-0.2, -0.15) is 0 Å². The van der Waals surface area contributed by atoms with Gasteiger partial charge in [0.2, 0.25) is 0 Å². The Kier molecular flexibility index (Phi) is 8.50. The van der Waals surface area contributed by atoms with E-state index in [1.807, 2.05) is 0 Å². The van der Waals surface area contributed by atoms with Gasteiger partial charge in [-0.1, -0.05) is 12.1 Å². The monoisotopic (exact) mass is 494 g/mol. The van der Waals surface area contributed by atoms with Crippen molar-refractivity contribution in [3.8, 4) is 0 Å². The van der Waals surface area contributed by atoms with Crippen LogP contribution in [0.4, 0.5) is 5.69 Å². The van der Waals surface area contributed by atoms with Gasteiger partial charge < -0.3 is 20.1 Å². The molecule has 0 aliphatic carbocycles. The first kappa shape index (κ1) is 26.1. The fourth-order valence-corrected chi connectivity index (χ4v) is 3.88. The Hall–Kier alpha value is -4.54. The topological polar surface area (TPSA) is 150 Å². The predicted molar refractivity (Wildman–Crippen MR) is 129 cm³/mol. The van der Waals surface area contributed by atoms with E-state index in [2.05, 4.69) is 15.6 Å². The summed E-state index contributed by atoms with van der Waals surface area (Å²) in [7, 11) is 0. The van der Waals surface area contributed by atoms with Crippen molar-refractivity contribution in [1.29, 1.82) is 0 Å². The lowest BCUT2D eigenvalue weighted by Crippen LogP contribution is -2.33. The summed E-state index contributed by atoms with van der Waals surface area (Å²) in [6.45, 7) is 4.98. The lowest BCUT2D eigenvalue weighted by Gasteiger charge is -2.30. The zero-order chi connectivity index (χ0) is 26.2. The van der Waals surface area contributed by atoms with Crippen molar-refractivity contribution in [2.45, 2.75) is 26.7 Å². The van der Waals surface area contributed by atoms with Crippen molar-refractivity contribution in [2.24, 2.45) is 0 Å². The Labute approximate surface area is 207 Å². The molecule has 0 saturated heterocycles. The van der Waals surface area contributed by atoms with Crippen LogP contribution in [-0.4, -0.2) is 47.5 Å². The minimum atomic E-state index is -0.956. The van der Waals surface area contributed by atoms with E-state index in [9.17, 15) is 24.5 Å². The van der Waals surface area contributed by atoms with Crippen molar-refractivity contribution >= 4 is 23.5 Å². The number of carbonyl (C=O) groups is 3. The van der Waals surface area contributed by atoms with Gasteiger partial charge in [-0.05, 0) is 38.5 Å². The summed E-state index contributed by atoms with van der Waals surface area (Å²) in [5.41, 5.74) is 1.70. The number of esters is 2. The number of nitro benzene ring substituents is 1. The van der Waals surface area contributed by atoms with Crippen molar-refractivity contribution in [1.82, 2.24) is 15.6 Å². The second kappa shape index (κ2) is 11.7. The van der Waals surface area contributed by atoms with Crippen LogP contribution in [0.3, 0.4) is 0 Å². The molecule has 2 N–H and O–H groups in total. The molecule has 0 bridgehead atoms. The number of benzene rings is 1. The zero-order valence-corrected chi connectivity index (χ0v) is 20.1. The fourth-order valence-electron chi connectivity index (χ4n) is 3.88. The Bertz CT molecular complexity index is 1240. The Morgan fingerprint density at radius 3 is 2.39 bits per heavy atom. The summed E-state index contributed by atoms with van der Waals surface area (Å²) in [4.78, 5) is 53.0. The van der Waals surface area contributed by atoms with Gasteiger partial charge in [-0.25, -0.2) is 9.59 Å². The lowest BCUT2D eigenvalue weighted by molar-refractivity contribution is -0.384. The van der Waals surface area contributed by atoms with E-state index in [4.69, 9.17) is 9.47 Å². The third-order valence-electron chi connectivity index (χ3n) is 5.43. The lowest BCUT2D eigenvalue weighted by atomic mass is 9.80. The minimum absolute atomic E-state index is 0.0420. The number of aromatic nitrogens is 1. The molecular weight excluding hydrogens is 468 g/mol. The van der Waals surface area contributed by atoms with E-state index in [1.165, 1.54) is 24.4 Å². The normalized spacial score (nSPS) is 15.1. The van der Waals surface area contributed by atoms with Gasteiger partial charge in [-0.15, -0.1) is 0 Å². The molecule has 1 aromatic carbocycles. The van der Waals surface area contributed by atoms with Gasteiger partial charge in [0.1, 0.15) is 6.61 Å². The quantitative estimate of drug-likeness (QED) is 0.232. The number of hydrogen-bond donors (Lipinski definition) is 2. The molecule has 1 atom stereocenters. The molecule has 11 nitrogen and oxygen atoms in total. The van der Waals surface area contributed by atoms with Crippen LogP contribution < -0.4 is 10.6 Å². The molecule has 0 fully saturated rings. The number of pyridine rings is 1. The number of hydrogen-bond acceptors (Lipinski definition) is 9. The highest BCUT2D eigenvalue weighted by Gasteiger charge is 2.38. The molecule has 36 heavy (non-hydrogen) atoms. The largest absolute Gasteiger partial charge is 0.463 e. The number of carbonyl (C=O) groups excluding carboxylic acids is 3. The summed E-state index contributed by atoms with van der Waals surface area (Å²) in [5, 5.41) is 17.0. The molecule has 2 heterocycles. The molecule has 3 rings (SSSR count). The molecule has 0 unspecified atom stereocenters. The second-order valence-electron chi connectivity index (χ2n) is 7.84. The highest BCUT2D eigenvalue weighted by molar-refractivity contribution is 6.00. The maximum Gasteiger partial charge on any atom is 0.336 e. The number of non-ortho nitro benzene ring substituents is 1. The van der Waals surface area contributed by atoms with Crippen LogP contribution in [0, 0.1) is 10.1 Å². The number of ether oxygens (including phenoxy) is 2. The predicted octanol–water partition coefficient (Wildman–Crippen LogP) is 2.76. The average Bonchev–Trinajstić information content (AvgIpc) is 2.86. The Balaban J connectivity index is 1.85. The van der Waals surface area contributed by atoms with Crippen LogP contribution in [-0.2, 0) is 19.1 Å². The standard InChI is InChI=1S/C25H26N4O7/c1-4-35-24(31)20-15(2)28-16(3)21(22(20)17-7-5-9-19(13-17)29(33)34)25(32)36-12-11-27-23(30)18-8-6-10-26-14-18/h5-10,13-14,22,28H,4,11-12H2,1-3H3,(H,27,30)/t22-/m1/s1. The van der Waals surface area contributed by atoms with E-state index < -0.39 is 22.8 Å². The maximum absolute atomic E-state index is 13.2. The molecule has 2 aromatic rings. The van der Waals surface area contributed by atoms with Gasteiger partial charge in [-0.3, -0.25) is 19.9 Å². The van der Waals surface area contributed by atoms with Crippen LogP contribution in [0.15, 0.2) is 71.3 Å². The van der Waals surface area contributed by atoms with E-state index >= 15 is 0 Å². The number of nitrogens with one attached hydrogen (secondary N) is 2. The summed E-state index contributed by atoms with van der Waals surface area (Å²) in [6.07, 6.45) is 2.96. The number of dihydropyridines is 1. The molecule has 188 valence electrons. The van der Waals surface area contributed by atoms with E-state index in [-0.39, 0.29) is 42.5 Å². The number of nitro groups is 1. The van der Waals surface area contributed by atoms with E-state index in [1.54, 1.807) is 45.2 Å². The van der Waals surface area contributed by atoms with Crippen molar-refractivity contribution < 1.29 is 28.8 Å². The smallest absolute Gasteiger partial charge is 0.336 e. The summed E-state index contributed by atoms with van der Waals surface area (Å²) >= 11 is 0. The molecule has 0 radical (unpaired) electrons. The first-order valence-electron chi connectivity index (χ1n) is 11.2. The third kappa shape index (κ3) is 5.93. The van der Waals surface area contributed by atoms with Crippen LogP contribution >= 0.6 is 0 Å². The Morgan fingerprint density at radius 1 is 1.08 bits per heavy atom. The molecule has 1 aliphatic rings. The van der Waals surface area contributed by atoms with E-state index in [0.717, 1.165) is 0 Å².